The van der Waals surface area contributed by atoms with Crippen LogP contribution in [0.5, 0.6) is 0 Å². The Labute approximate surface area is 153 Å². The van der Waals surface area contributed by atoms with E-state index < -0.39 is 30.2 Å². The maximum absolute atomic E-state index is 13.0. The van der Waals surface area contributed by atoms with Crippen LogP contribution in [0.4, 0.5) is 19.0 Å². The molecule has 7 nitrogen and oxygen atoms in total. The molecular weight excluding hydrogens is 363 g/mol. The number of likely N-dealkylation sites (tertiary alicyclic amines) is 1. The first-order chi connectivity index (χ1) is 12.8. The molecule has 0 radical (unpaired) electrons. The third-order valence-electron chi connectivity index (χ3n) is 4.66. The topological polar surface area (TPSA) is 69.6 Å². The largest absolute Gasteiger partial charge is 0.471 e. The fraction of sp³-hybridized carbons (Fsp3) is 0.412. The van der Waals surface area contributed by atoms with Crippen molar-refractivity contribution < 1.29 is 22.8 Å². The van der Waals surface area contributed by atoms with Gasteiger partial charge in [0, 0.05) is 31.4 Å². The summed E-state index contributed by atoms with van der Waals surface area (Å²) < 4.78 is 39.0. The van der Waals surface area contributed by atoms with E-state index in [0.29, 0.717) is 17.9 Å². The molecule has 2 aliphatic heterocycles. The van der Waals surface area contributed by atoms with Gasteiger partial charge in [-0.1, -0.05) is 18.7 Å². The van der Waals surface area contributed by atoms with E-state index in [9.17, 15) is 22.8 Å². The summed E-state index contributed by atoms with van der Waals surface area (Å²) in [7, 11) is 0. The molecule has 1 fully saturated rings. The normalized spacial score (nSPS) is 21.3. The standard InChI is InChI=1S/C17H18F3N5O2/c1-3-13(26)25-9-12(23(4-2)16(27)17(18,19)20)15(25)24-7-5-6-11-8-21-10-22-14(11)24/h3,5-6,8,10,12,15H,1,4,7,9H2,2H3. The molecular formula is C17H18F3N5O2. The van der Waals surface area contributed by atoms with Gasteiger partial charge < -0.3 is 14.7 Å². The van der Waals surface area contributed by atoms with Crippen molar-refractivity contribution in [2.45, 2.75) is 25.3 Å². The number of likely N-dealkylation sites (N-methyl/N-ethyl adjacent to an activating group) is 1. The first-order valence-corrected chi connectivity index (χ1v) is 8.33. The van der Waals surface area contributed by atoms with E-state index in [0.717, 1.165) is 11.0 Å². The number of carbonyl (C=O) groups is 2. The van der Waals surface area contributed by atoms with E-state index in [-0.39, 0.29) is 13.1 Å². The number of halogens is 3. The zero-order valence-corrected chi connectivity index (χ0v) is 14.6. The van der Waals surface area contributed by atoms with Crippen LogP contribution in [0.15, 0.2) is 31.3 Å². The van der Waals surface area contributed by atoms with Gasteiger partial charge in [-0.25, -0.2) is 9.97 Å². The van der Waals surface area contributed by atoms with E-state index in [1.165, 1.54) is 18.2 Å². The summed E-state index contributed by atoms with van der Waals surface area (Å²) in [5, 5.41) is 0. The van der Waals surface area contributed by atoms with Crippen molar-refractivity contribution >= 4 is 23.7 Å². The van der Waals surface area contributed by atoms with E-state index in [2.05, 4.69) is 16.5 Å². The van der Waals surface area contributed by atoms with E-state index in [4.69, 9.17) is 0 Å². The third-order valence-corrected chi connectivity index (χ3v) is 4.66. The molecule has 3 rings (SSSR count). The van der Waals surface area contributed by atoms with Gasteiger partial charge in [0.2, 0.25) is 5.91 Å². The second-order valence-corrected chi connectivity index (χ2v) is 6.12. The van der Waals surface area contributed by atoms with E-state index in [1.807, 2.05) is 0 Å². The lowest BCUT2D eigenvalue weighted by Crippen LogP contribution is -2.75. The average Bonchev–Trinajstić information content (AvgIpc) is 2.63. The van der Waals surface area contributed by atoms with Gasteiger partial charge in [0.15, 0.2) is 0 Å². The Bertz CT molecular complexity index is 795. The molecule has 2 aliphatic rings. The maximum atomic E-state index is 13.0. The van der Waals surface area contributed by atoms with Crippen LogP contribution in [0.25, 0.3) is 6.08 Å². The highest BCUT2D eigenvalue weighted by molar-refractivity contribution is 5.89. The second-order valence-electron chi connectivity index (χ2n) is 6.12. The van der Waals surface area contributed by atoms with Crippen LogP contribution >= 0.6 is 0 Å². The first kappa shape index (κ1) is 18.9. The monoisotopic (exact) mass is 381 g/mol. The molecule has 144 valence electrons. The van der Waals surface area contributed by atoms with Crippen LogP contribution in [0.2, 0.25) is 0 Å². The molecule has 0 aromatic carbocycles. The summed E-state index contributed by atoms with van der Waals surface area (Å²) in [6.45, 7) is 5.12. The Morgan fingerprint density at radius 2 is 2.19 bits per heavy atom. The second kappa shape index (κ2) is 7.01. The van der Waals surface area contributed by atoms with Crippen LogP contribution in [-0.4, -0.2) is 69.6 Å². The predicted octanol–water partition coefficient (Wildman–Crippen LogP) is 1.44. The highest BCUT2D eigenvalue weighted by Crippen LogP contribution is 2.35. The molecule has 2 atom stereocenters. The number of amides is 2. The van der Waals surface area contributed by atoms with Gasteiger partial charge >= 0.3 is 12.1 Å². The zero-order valence-electron chi connectivity index (χ0n) is 14.6. The molecule has 0 N–H and O–H groups in total. The first-order valence-electron chi connectivity index (χ1n) is 8.33. The number of nitrogens with zero attached hydrogens (tertiary/aromatic N) is 5. The van der Waals surface area contributed by atoms with Gasteiger partial charge in [0.05, 0.1) is 6.04 Å². The lowest BCUT2D eigenvalue weighted by Gasteiger charge is -2.56. The fourth-order valence-corrected chi connectivity index (χ4v) is 3.44. The van der Waals surface area contributed by atoms with Gasteiger partial charge in [-0.2, -0.15) is 13.2 Å². The van der Waals surface area contributed by atoms with Crippen LogP contribution < -0.4 is 4.90 Å². The van der Waals surface area contributed by atoms with Gasteiger partial charge in [0.25, 0.3) is 0 Å². The summed E-state index contributed by atoms with van der Waals surface area (Å²) in [6, 6.07) is -0.817. The molecule has 1 aromatic heterocycles. The number of carbonyl (C=O) groups excluding carboxylic acids is 2. The molecule has 1 saturated heterocycles. The summed E-state index contributed by atoms with van der Waals surface area (Å²) in [5.41, 5.74) is 0.686. The summed E-state index contributed by atoms with van der Waals surface area (Å²) in [6.07, 6.45) is 1.86. The Hall–Kier alpha value is -2.91. The molecule has 2 amide bonds. The summed E-state index contributed by atoms with van der Waals surface area (Å²) >= 11 is 0. The summed E-state index contributed by atoms with van der Waals surface area (Å²) in [4.78, 5) is 36.1. The van der Waals surface area contributed by atoms with Crippen molar-refractivity contribution in [1.29, 1.82) is 0 Å². The Kier molecular flexibility index (Phi) is 4.90. The lowest BCUT2D eigenvalue weighted by atomic mass is 9.97. The molecule has 10 heteroatoms. The number of alkyl halides is 3. The van der Waals surface area contributed by atoms with Gasteiger partial charge in [-0.3, -0.25) is 9.59 Å². The van der Waals surface area contributed by atoms with Crippen LogP contribution in [0, 0.1) is 0 Å². The smallest absolute Gasteiger partial charge is 0.330 e. The van der Waals surface area contributed by atoms with Crippen molar-refractivity contribution in [2.75, 3.05) is 24.5 Å². The molecule has 2 unspecified atom stereocenters. The molecule has 1 aromatic rings. The van der Waals surface area contributed by atoms with Crippen molar-refractivity contribution in [2.24, 2.45) is 0 Å². The minimum absolute atomic E-state index is 0.00812. The Balaban J connectivity index is 1.97. The van der Waals surface area contributed by atoms with Crippen molar-refractivity contribution in [3.05, 3.63) is 36.8 Å². The molecule has 0 saturated carbocycles. The quantitative estimate of drug-likeness (QED) is 0.739. The number of aromatic nitrogens is 2. The van der Waals surface area contributed by atoms with Gasteiger partial charge in [-0.05, 0) is 13.0 Å². The average molecular weight is 381 g/mol. The van der Waals surface area contributed by atoms with E-state index in [1.54, 1.807) is 23.2 Å². The van der Waals surface area contributed by atoms with Crippen LogP contribution in [0.3, 0.4) is 0 Å². The van der Waals surface area contributed by atoms with Crippen LogP contribution in [0.1, 0.15) is 12.5 Å². The molecule has 0 bridgehead atoms. The van der Waals surface area contributed by atoms with E-state index >= 15 is 0 Å². The van der Waals surface area contributed by atoms with Gasteiger partial charge in [0.1, 0.15) is 18.3 Å². The van der Waals surface area contributed by atoms with Gasteiger partial charge in [-0.15, -0.1) is 0 Å². The number of anilines is 1. The highest BCUT2D eigenvalue weighted by Gasteiger charge is 2.53. The number of fused-ring (bicyclic) bond motifs is 1. The number of hydrogen-bond acceptors (Lipinski definition) is 5. The van der Waals surface area contributed by atoms with Crippen molar-refractivity contribution in [3.63, 3.8) is 0 Å². The molecule has 3 heterocycles. The number of rotatable bonds is 4. The summed E-state index contributed by atoms with van der Waals surface area (Å²) in [5.74, 6) is -1.84. The van der Waals surface area contributed by atoms with Crippen molar-refractivity contribution in [3.8, 4) is 0 Å². The SMILES string of the molecule is C=CC(=O)N1CC(N(CC)C(=O)C(F)(F)F)C1N1CC=Cc2cncnc21. The predicted molar refractivity (Wildman–Crippen MR) is 91.3 cm³/mol. The van der Waals surface area contributed by atoms with Crippen LogP contribution in [-0.2, 0) is 9.59 Å². The molecule has 0 aliphatic carbocycles. The maximum Gasteiger partial charge on any atom is 0.471 e. The Morgan fingerprint density at radius 1 is 1.44 bits per heavy atom. The fourth-order valence-electron chi connectivity index (χ4n) is 3.44. The Morgan fingerprint density at radius 3 is 2.81 bits per heavy atom. The molecule has 0 spiro atoms. The molecule has 27 heavy (non-hydrogen) atoms. The highest BCUT2D eigenvalue weighted by atomic mass is 19.4. The minimum Gasteiger partial charge on any atom is -0.330 e. The third kappa shape index (κ3) is 3.26. The lowest BCUT2D eigenvalue weighted by molar-refractivity contribution is -0.193. The minimum atomic E-state index is -4.98. The number of hydrogen-bond donors (Lipinski definition) is 0. The van der Waals surface area contributed by atoms with Crippen molar-refractivity contribution in [1.82, 2.24) is 19.8 Å². The zero-order chi connectivity index (χ0) is 19.8.